The lowest BCUT2D eigenvalue weighted by molar-refractivity contribution is 0.415. The van der Waals surface area contributed by atoms with Crippen LogP contribution < -0.4 is 15.4 Å². The zero-order chi connectivity index (χ0) is 16.8. The summed E-state index contributed by atoms with van der Waals surface area (Å²) in [4.78, 5) is 8.79. The standard InChI is InChI=1S/C17H24N6O/c1-18-17(20-13-5-3-4-6-13)19-11-15-21-16(23-22-15)12-7-9-14(24-2)10-8-12/h7-10,13H,3-6,11H2,1-2H3,(H2,18,19,20)(H,21,22,23). The van der Waals surface area contributed by atoms with Gasteiger partial charge in [-0.25, -0.2) is 4.98 Å². The van der Waals surface area contributed by atoms with E-state index in [0.717, 1.165) is 23.1 Å². The first-order chi connectivity index (χ1) is 11.8. The molecule has 2 aromatic rings. The Labute approximate surface area is 141 Å². The highest BCUT2D eigenvalue weighted by molar-refractivity contribution is 5.79. The Hall–Kier alpha value is -2.57. The van der Waals surface area contributed by atoms with Gasteiger partial charge in [0.05, 0.1) is 13.7 Å². The Bertz CT molecular complexity index is 673. The number of hydrogen-bond acceptors (Lipinski definition) is 4. The van der Waals surface area contributed by atoms with Gasteiger partial charge >= 0.3 is 0 Å². The number of H-pyrrole nitrogens is 1. The van der Waals surface area contributed by atoms with Crippen LogP contribution in [-0.2, 0) is 6.54 Å². The molecule has 0 unspecified atom stereocenters. The molecule has 1 aliphatic rings. The van der Waals surface area contributed by atoms with Crippen LogP contribution in [-0.4, -0.2) is 41.3 Å². The summed E-state index contributed by atoms with van der Waals surface area (Å²) >= 11 is 0. The second-order valence-corrected chi connectivity index (χ2v) is 5.89. The van der Waals surface area contributed by atoms with Gasteiger partial charge in [-0.15, -0.1) is 0 Å². The van der Waals surface area contributed by atoms with Crippen LogP contribution >= 0.6 is 0 Å². The Morgan fingerprint density at radius 2 is 2.04 bits per heavy atom. The first-order valence-corrected chi connectivity index (χ1v) is 8.31. The van der Waals surface area contributed by atoms with Gasteiger partial charge in [-0.3, -0.25) is 10.1 Å². The van der Waals surface area contributed by atoms with Crippen LogP contribution in [0, 0.1) is 0 Å². The second kappa shape index (κ2) is 7.81. The van der Waals surface area contributed by atoms with Crippen LogP contribution in [0.25, 0.3) is 11.4 Å². The minimum absolute atomic E-state index is 0.529. The SMILES string of the molecule is CN=C(NCc1nc(-c2ccc(OC)cc2)n[nH]1)NC1CCCC1. The first-order valence-electron chi connectivity index (χ1n) is 8.31. The zero-order valence-corrected chi connectivity index (χ0v) is 14.2. The van der Waals surface area contributed by atoms with Crippen LogP contribution in [0.3, 0.4) is 0 Å². The number of rotatable bonds is 5. The molecule has 7 nitrogen and oxygen atoms in total. The topological polar surface area (TPSA) is 87.2 Å². The summed E-state index contributed by atoms with van der Waals surface area (Å²) in [5.74, 6) is 3.07. The van der Waals surface area contributed by atoms with Crippen molar-refractivity contribution in [2.24, 2.45) is 4.99 Å². The van der Waals surface area contributed by atoms with Crippen molar-refractivity contribution in [3.8, 4) is 17.1 Å². The van der Waals surface area contributed by atoms with E-state index in [1.807, 2.05) is 24.3 Å². The fraction of sp³-hybridized carbons (Fsp3) is 0.471. The summed E-state index contributed by atoms with van der Waals surface area (Å²) in [6.45, 7) is 0.551. The number of nitrogens with zero attached hydrogens (tertiary/aromatic N) is 3. The first kappa shape index (κ1) is 16.3. The molecule has 7 heteroatoms. The third-order valence-electron chi connectivity index (χ3n) is 4.22. The van der Waals surface area contributed by atoms with Crippen molar-refractivity contribution >= 4 is 5.96 Å². The van der Waals surface area contributed by atoms with E-state index in [1.54, 1.807) is 14.2 Å². The summed E-state index contributed by atoms with van der Waals surface area (Å²) in [6, 6.07) is 8.22. The minimum atomic E-state index is 0.529. The van der Waals surface area contributed by atoms with Gasteiger partial charge in [-0.1, -0.05) is 12.8 Å². The average Bonchev–Trinajstić information content (AvgIpc) is 3.30. The molecule has 0 spiro atoms. The van der Waals surface area contributed by atoms with Crippen molar-refractivity contribution in [2.45, 2.75) is 38.3 Å². The van der Waals surface area contributed by atoms with Crippen molar-refractivity contribution in [3.63, 3.8) is 0 Å². The summed E-state index contributed by atoms with van der Waals surface area (Å²) < 4.78 is 5.16. The lowest BCUT2D eigenvalue weighted by Gasteiger charge is -2.16. The number of methoxy groups -OCH3 is 1. The number of benzene rings is 1. The van der Waals surface area contributed by atoms with Gasteiger partial charge in [-0.2, -0.15) is 5.10 Å². The molecule has 1 fully saturated rings. The van der Waals surface area contributed by atoms with Crippen molar-refractivity contribution < 1.29 is 4.74 Å². The summed E-state index contributed by atoms with van der Waals surface area (Å²) in [5, 5.41) is 14.0. The lowest BCUT2D eigenvalue weighted by atomic mass is 10.2. The Morgan fingerprint density at radius 3 is 2.71 bits per heavy atom. The Balaban J connectivity index is 1.56. The molecule has 0 radical (unpaired) electrons. The van der Waals surface area contributed by atoms with E-state index < -0.39 is 0 Å². The van der Waals surface area contributed by atoms with Gasteiger partial charge in [-0.05, 0) is 37.1 Å². The van der Waals surface area contributed by atoms with Crippen molar-refractivity contribution in [2.75, 3.05) is 14.2 Å². The molecule has 1 aliphatic carbocycles. The van der Waals surface area contributed by atoms with Gasteiger partial charge < -0.3 is 15.4 Å². The maximum absolute atomic E-state index is 5.16. The van der Waals surface area contributed by atoms with E-state index in [-0.39, 0.29) is 0 Å². The van der Waals surface area contributed by atoms with Gasteiger partial charge in [0.1, 0.15) is 11.6 Å². The highest BCUT2D eigenvalue weighted by Gasteiger charge is 2.16. The molecule has 128 valence electrons. The number of ether oxygens (including phenoxy) is 1. The van der Waals surface area contributed by atoms with Crippen molar-refractivity contribution in [3.05, 3.63) is 30.1 Å². The number of nitrogens with one attached hydrogen (secondary N) is 3. The van der Waals surface area contributed by atoms with E-state index in [4.69, 9.17) is 4.74 Å². The summed E-state index contributed by atoms with van der Waals surface area (Å²) in [5.41, 5.74) is 0.951. The molecule has 0 bridgehead atoms. The summed E-state index contributed by atoms with van der Waals surface area (Å²) in [7, 11) is 3.44. The molecule has 1 saturated carbocycles. The van der Waals surface area contributed by atoms with E-state index in [1.165, 1.54) is 25.7 Å². The molecule has 0 amide bonds. The zero-order valence-electron chi connectivity index (χ0n) is 14.2. The van der Waals surface area contributed by atoms with Crippen LogP contribution in [0.15, 0.2) is 29.3 Å². The minimum Gasteiger partial charge on any atom is -0.497 e. The molecule has 1 aromatic carbocycles. The van der Waals surface area contributed by atoms with Crippen LogP contribution in [0.1, 0.15) is 31.5 Å². The second-order valence-electron chi connectivity index (χ2n) is 5.89. The van der Waals surface area contributed by atoms with Crippen molar-refractivity contribution in [1.29, 1.82) is 0 Å². The molecule has 0 atom stereocenters. The van der Waals surface area contributed by atoms with Gasteiger partial charge in [0.15, 0.2) is 11.8 Å². The highest BCUT2D eigenvalue weighted by Crippen LogP contribution is 2.19. The number of aliphatic imine (C=N–C) groups is 1. The molecule has 3 N–H and O–H groups in total. The average molecular weight is 328 g/mol. The number of aromatic nitrogens is 3. The third kappa shape index (κ3) is 4.04. The fourth-order valence-corrected chi connectivity index (χ4v) is 2.87. The van der Waals surface area contributed by atoms with Gasteiger partial charge in [0.2, 0.25) is 0 Å². The smallest absolute Gasteiger partial charge is 0.191 e. The van der Waals surface area contributed by atoms with Gasteiger partial charge in [0.25, 0.3) is 0 Å². The van der Waals surface area contributed by atoms with E-state index >= 15 is 0 Å². The normalized spacial score (nSPS) is 15.5. The maximum atomic E-state index is 5.16. The number of guanidine groups is 1. The molecule has 0 aliphatic heterocycles. The highest BCUT2D eigenvalue weighted by atomic mass is 16.5. The summed E-state index contributed by atoms with van der Waals surface area (Å²) in [6.07, 6.45) is 5.01. The predicted molar refractivity (Wildman–Crippen MR) is 94.0 cm³/mol. The lowest BCUT2D eigenvalue weighted by Crippen LogP contribution is -2.42. The Kier molecular flexibility index (Phi) is 5.30. The third-order valence-corrected chi connectivity index (χ3v) is 4.22. The van der Waals surface area contributed by atoms with Crippen LogP contribution in [0.5, 0.6) is 5.75 Å². The molecule has 24 heavy (non-hydrogen) atoms. The molecule has 1 aromatic heterocycles. The molecular formula is C17H24N6O. The molecule has 3 rings (SSSR count). The molecule has 0 saturated heterocycles. The van der Waals surface area contributed by atoms with E-state index in [2.05, 4.69) is 30.8 Å². The van der Waals surface area contributed by atoms with Crippen LogP contribution in [0.4, 0.5) is 0 Å². The van der Waals surface area contributed by atoms with Gasteiger partial charge in [0, 0.05) is 18.7 Å². The molecular weight excluding hydrogens is 304 g/mol. The van der Waals surface area contributed by atoms with Crippen LogP contribution in [0.2, 0.25) is 0 Å². The molecule has 1 heterocycles. The predicted octanol–water partition coefficient (Wildman–Crippen LogP) is 2.09. The largest absolute Gasteiger partial charge is 0.497 e. The van der Waals surface area contributed by atoms with E-state index in [9.17, 15) is 0 Å². The van der Waals surface area contributed by atoms with E-state index in [0.29, 0.717) is 18.4 Å². The maximum Gasteiger partial charge on any atom is 0.191 e. The number of aromatic amines is 1. The quantitative estimate of drug-likeness (QED) is 0.578. The Morgan fingerprint density at radius 1 is 1.29 bits per heavy atom. The monoisotopic (exact) mass is 328 g/mol. The fourth-order valence-electron chi connectivity index (χ4n) is 2.87. The number of hydrogen-bond donors (Lipinski definition) is 3. The van der Waals surface area contributed by atoms with Crippen molar-refractivity contribution in [1.82, 2.24) is 25.8 Å².